The molecule has 1 aliphatic rings. The summed E-state index contributed by atoms with van der Waals surface area (Å²) in [7, 11) is 0. The smallest absolute Gasteiger partial charge is 0.257 e. The van der Waals surface area contributed by atoms with Crippen molar-refractivity contribution in [2.45, 2.75) is 20.8 Å². The van der Waals surface area contributed by atoms with E-state index in [1.165, 1.54) is 5.56 Å². The van der Waals surface area contributed by atoms with Crippen LogP contribution < -0.4 is 5.32 Å². The highest BCUT2D eigenvalue weighted by atomic mass is 16.2. The minimum Gasteiger partial charge on any atom is -0.336 e. The van der Waals surface area contributed by atoms with E-state index < -0.39 is 0 Å². The van der Waals surface area contributed by atoms with Gasteiger partial charge < -0.3 is 15.1 Å². The average Bonchev–Trinajstić information content (AvgIpc) is 2.64. The zero-order chi connectivity index (χ0) is 17.8. The quantitative estimate of drug-likeness (QED) is 0.928. The fourth-order valence-electron chi connectivity index (χ4n) is 3.03. The van der Waals surface area contributed by atoms with E-state index in [1.54, 1.807) is 12.4 Å². The third-order valence-electron chi connectivity index (χ3n) is 4.63. The van der Waals surface area contributed by atoms with Gasteiger partial charge in [-0.05, 0) is 32.0 Å². The van der Waals surface area contributed by atoms with Gasteiger partial charge in [0.05, 0.1) is 5.56 Å². The summed E-state index contributed by atoms with van der Waals surface area (Å²) in [5.74, 6) is 0.508. The number of carbonyl (C=O) groups excluding carboxylic acids is 1. The number of anilines is 2. The van der Waals surface area contributed by atoms with Gasteiger partial charge in [0.15, 0.2) is 0 Å². The molecule has 0 spiro atoms. The lowest BCUT2D eigenvalue weighted by atomic mass is 10.1. The average molecular weight is 339 g/mol. The maximum atomic E-state index is 12.6. The monoisotopic (exact) mass is 339 g/mol. The predicted octanol–water partition coefficient (Wildman–Crippen LogP) is 2.61. The van der Waals surface area contributed by atoms with Crippen molar-refractivity contribution >= 4 is 17.5 Å². The van der Waals surface area contributed by atoms with Crippen LogP contribution in [0.1, 0.15) is 28.4 Å². The molecule has 1 N–H and O–H groups in total. The second-order valence-electron chi connectivity index (χ2n) is 6.47. The molecule has 1 saturated heterocycles. The fourth-order valence-corrected chi connectivity index (χ4v) is 3.03. The SMILES string of the molecule is CCN1CCN(C(=O)c2cnc(Nc3ccc(C)cc3C)nc2)CC1. The number of hydrogen-bond donors (Lipinski definition) is 1. The Morgan fingerprint density at radius 3 is 2.40 bits per heavy atom. The lowest BCUT2D eigenvalue weighted by molar-refractivity contribution is 0.0642. The van der Waals surface area contributed by atoms with Crippen LogP contribution in [0.5, 0.6) is 0 Å². The molecule has 0 bridgehead atoms. The van der Waals surface area contributed by atoms with Crippen molar-refractivity contribution in [1.82, 2.24) is 19.8 Å². The van der Waals surface area contributed by atoms with Crippen molar-refractivity contribution < 1.29 is 4.79 Å². The van der Waals surface area contributed by atoms with Gasteiger partial charge in [-0.2, -0.15) is 0 Å². The highest BCUT2D eigenvalue weighted by Gasteiger charge is 2.21. The van der Waals surface area contributed by atoms with Gasteiger partial charge in [-0.25, -0.2) is 9.97 Å². The maximum absolute atomic E-state index is 12.6. The van der Waals surface area contributed by atoms with E-state index in [9.17, 15) is 4.79 Å². The van der Waals surface area contributed by atoms with Gasteiger partial charge in [0.1, 0.15) is 0 Å². The van der Waals surface area contributed by atoms with Crippen LogP contribution in [0.25, 0.3) is 0 Å². The molecule has 132 valence electrons. The van der Waals surface area contributed by atoms with Gasteiger partial charge in [0.2, 0.25) is 5.95 Å². The normalized spacial score (nSPS) is 15.2. The number of aryl methyl sites for hydroxylation is 2. The van der Waals surface area contributed by atoms with E-state index >= 15 is 0 Å². The zero-order valence-corrected chi connectivity index (χ0v) is 15.1. The molecule has 0 atom stereocenters. The first kappa shape index (κ1) is 17.4. The van der Waals surface area contributed by atoms with Crippen LogP contribution in [0.2, 0.25) is 0 Å². The highest BCUT2D eigenvalue weighted by Crippen LogP contribution is 2.19. The van der Waals surface area contributed by atoms with E-state index in [2.05, 4.69) is 40.1 Å². The summed E-state index contributed by atoms with van der Waals surface area (Å²) in [5, 5.41) is 3.20. The summed E-state index contributed by atoms with van der Waals surface area (Å²) >= 11 is 0. The molecule has 1 aliphatic heterocycles. The molecule has 1 aromatic carbocycles. The van der Waals surface area contributed by atoms with Crippen molar-refractivity contribution in [2.75, 3.05) is 38.0 Å². The number of hydrogen-bond acceptors (Lipinski definition) is 5. The fraction of sp³-hybridized carbons (Fsp3) is 0.421. The number of nitrogens with zero attached hydrogens (tertiary/aromatic N) is 4. The Labute approximate surface area is 148 Å². The minimum atomic E-state index is 0.00817. The first-order valence-electron chi connectivity index (χ1n) is 8.74. The lowest BCUT2D eigenvalue weighted by Crippen LogP contribution is -2.48. The van der Waals surface area contributed by atoms with Crippen LogP contribution in [0.4, 0.5) is 11.6 Å². The molecule has 1 fully saturated rings. The van der Waals surface area contributed by atoms with Gasteiger partial charge in [-0.3, -0.25) is 4.79 Å². The van der Waals surface area contributed by atoms with Gasteiger partial charge in [0.25, 0.3) is 5.91 Å². The minimum absolute atomic E-state index is 0.00817. The Bertz CT molecular complexity index is 736. The van der Waals surface area contributed by atoms with Gasteiger partial charge in [-0.15, -0.1) is 0 Å². The summed E-state index contributed by atoms with van der Waals surface area (Å²) in [6, 6.07) is 6.17. The van der Waals surface area contributed by atoms with Crippen LogP contribution in [0, 0.1) is 13.8 Å². The first-order chi connectivity index (χ1) is 12.1. The molecule has 6 heteroatoms. The Balaban J connectivity index is 1.64. The number of benzene rings is 1. The molecule has 0 saturated carbocycles. The molecule has 0 aliphatic carbocycles. The molecule has 1 aromatic heterocycles. The van der Waals surface area contributed by atoms with E-state index in [0.717, 1.165) is 44.0 Å². The summed E-state index contributed by atoms with van der Waals surface area (Å²) in [6.07, 6.45) is 3.21. The molecule has 2 aromatic rings. The second-order valence-corrected chi connectivity index (χ2v) is 6.47. The number of carbonyl (C=O) groups is 1. The van der Waals surface area contributed by atoms with E-state index in [4.69, 9.17) is 0 Å². The first-order valence-corrected chi connectivity index (χ1v) is 8.74. The Morgan fingerprint density at radius 1 is 1.12 bits per heavy atom. The third kappa shape index (κ3) is 4.14. The highest BCUT2D eigenvalue weighted by molar-refractivity contribution is 5.93. The second kappa shape index (κ2) is 7.61. The van der Waals surface area contributed by atoms with Crippen LogP contribution in [-0.2, 0) is 0 Å². The number of likely N-dealkylation sites (N-methyl/N-ethyl adjacent to an activating group) is 1. The molecule has 25 heavy (non-hydrogen) atoms. The predicted molar refractivity (Wildman–Crippen MR) is 99.2 cm³/mol. The van der Waals surface area contributed by atoms with Crippen molar-refractivity contribution in [3.05, 3.63) is 47.3 Å². The summed E-state index contributed by atoms with van der Waals surface area (Å²) in [5.41, 5.74) is 3.86. The summed E-state index contributed by atoms with van der Waals surface area (Å²) in [6.45, 7) is 10.7. The molecule has 6 nitrogen and oxygen atoms in total. The Morgan fingerprint density at radius 2 is 1.80 bits per heavy atom. The number of piperazine rings is 1. The van der Waals surface area contributed by atoms with Crippen LogP contribution in [0.3, 0.4) is 0 Å². The number of rotatable bonds is 4. The molecule has 3 rings (SSSR count). The third-order valence-corrected chi connectivity index (χ3v) is 4.63. The molecule has 1 amide bonds. The van der Waals surface area contributed by atoms with Crippen molar-refractivity contribution in [2.24, 2.45) is 0 Å². The van der Waals surface area contributed by atoms with E-state index in [-0.39, 0.29) is 5.91 Å². The van der Waals surface area contributed by atoms with E-state index in [1.807, 2.05) is 24.0 Å². The van der Waals surface area contributed by atoms with Gasteiger partial charge in [0, 0.05) is 44.3 Å². The molecular formula is C19H25N5O. The van der Waals surface area contributed by atoms with E-state index in [0.29, 0.717) is 11.5 Å². The van der Waals surface area contributed by atoms with Crippen molar-refractivity contribution in [3.63, 3.8) is 0 Å². The number of nitrogens with one attached hydrogen (secondary N) is 1. The molecule has 2 heterocycles. The van der Waals surface area contributed by atoms with Crippen LogP contribution in [0.15, 0.2) is 30.6 Å². The summed E-state index contributed by atoms with van der Waals surface area (Å²) in [4.78, 5) is 25.4. The molecule has 0 unspecified atom stereocenters. The molecular weight excluding hydrogens is 314 g/mol. The van der Waals surface area contributed by atoms with Gasteiger partial charge in [-0.1, -0.05) is 24.6 Å². The Kier molecular flexibility index (Phi) is 5.28. The Hall–Kier alpha value is -2.47. The topological polar surface area (TPSA) is 61.4 Å². The molecule has 0 radical (unpaired) electrons. The maximum Gasteiger partial charge on any atom is 0.257 e. The summed E-state index contributed by atoms with van der Waals surface area (Å²) < 4.78 is 0. The standard InChI is InChI=1S/C19H25N5O/c1-4-23-7-9-24(10-8-23)18(25)16-12-20-19(21-13-16)22-17-6-5-14(2)11-15(17)3/h5-6,11-13H,4,7-10H2,1-3H3,(H,20,21,22). The number of amides is 1. The van der Waals surface area contributed by atoms with Crippen molar-refractivity contribution in [3.8, 4) is 0 Å². The largest absolute Gasteiger partial charge is 0.336 e. The lowest BCUT2D eigenvalue weighted by Gasteiger charge is -2.33. The zero-order valence-electron chi connectivity index (χ0n) is 15.1. The van der Waals surface area contributed by atoms with Gasteiger partial charge >= 0.3 is 0 Å². The van der Waals surface area contributed by atoms with Crippen LogP contribution in [-0.4, -0.2) is 58.4 Å². The number of aromatic nitrogens is 2. The van der Waals surface area contributed by atoms with Crippen molar-refractivity contribution in [1.29, 1.82) is 0 Å². The van der Waals surface area contributed by atoms with Crippen LogP contribution >= 0.6 is 0 Å².